The summed E-state index contributed by atoms with van der Waals surface area (Å²) in [6.07, 6.45) is 7.84. The number of aromatic nitrogens is 6. The van der Waals surface area contributed by atoms with Gasteiger partial charge in [0.25, 0.3) is 0 Å². The highest BCUT2D eigenvalue weighted by Gasteiger charge is 2.20. The number of para-hydroxylation sites is 2. The van der Waals surface area contributed by atoms with E-state index in [1.165, 1.54) is 0 Å². The van der Waals surface area contributed by atoms with Gasteiger partial charge in [0.15, 0.2) is 11.6 Å². The van der Waals surface area contributed by atoms with Gasteiger partial charge >= 0.3 is 0 Å². The molecule has 4 heterocycles. The number of nitrogens with two attached hydrogens (primary N) is 1. The van der Waals surface area contributed by atoms with Crippen molar-refractivity contribution >= 4 is 16.9 Å². The Morgan fingerprint density at radius 1 is 1.03 bits per heavy atom. The highest BCUT2D eigenvalue weighted by molar-refractivity contribution is 5.82. The van der Waals surface area contributed by atoms with Crippen LogP contribution in [0.15, 0.2) is 42.9 Å². The Bertz CT molecular complexity index is 1170. The number of nitrogens with zero attached hydrogens (tertiary/aromatic N) is 7. The molecule has 1 aliphatic heterocycles. The summed E-state index contributed by atoms with van der Waals surface area (Å²) >= 11 is 0. The number of rotatable bonds is 3. The fourth-order valence-corrected chi connectivity index (χ4v) is 3.99. The lowest BCUT2D eigenvalue weighted by Crippen LogP contribution is -2.31. The fraction of sp³-hybridized carbons (Fsp3) is 0.333. The number of piperidine rings is 1. The van der Waals surface area contributed by atoms with Gasteiger partial charge in [-0.15, -0.1) is 0 Å². The molecular weight excluding hydrogens is 364 g/mol. The summed E-state index contributed by atoms with van der Waals surface area (Å²) < 4.78 is 4.07. The molecule has 0 radical (unpaired) electrons. The number of likely N-dealkylation sites (tertiary alicyclic amines) is 1. The van der Waals surface area contributed by atoms with E-state index in [1.54, 1.807) is 6.20 Å². The Balaban J connectivity index is 1.51. The molecule has 0 saturated carbocycles. The number of hydrogen-bond acceptors (Lipinski definition) is 6. The summed E-state index contributed by atoms with van der Waals surface area (Å²) in [6.45, 7) is 2.19. The molecule has 1 aliphatic rings. The van der Waals surface area contributed by atoms with Crippen LogP contribution in [0.25, 0.3) is 33.8 Å². The second kappa shape index (κ2) is 6.97. The lowest BCUT2D eigenvalue weighted by molar-refractivity contribution is 0.212. The van der Waals surface area contributed by atoms with Gasteiger partial charge in [-0.2, -0.15) is 5.10 Å². The van der Waals surface area contributed by atoms with Crippen LogP contribution in [0.4, 0.5) is 5.82 Å². The largest absolute Gasteiger partial charge is 0.382 e. The first-order chi connectivity index (χ1) is 14.1. The zero-order chi connectivity index (χ0) is 20.0. The van der Waals surface area contributed by atoms with E-state index < -0.39 is 0 Å². The molecule has 0 unspecified atom stereocenters. The molecule has 0 bridgehead atoms. The monoisotopic (exact) mass is 388 g/mol. The fourth-order valence-electron chi connectivity index (χ4n) is 3.99. The molecular formula is C21H24N8. The summed E-state index contributed by atoms with van der Waals surface area (Å²) in [5, 5.41) is 4.60. The van der Waals surface area contributed by atoms with Crippen LogP contribution < -0.4 is 5.73 Å². The standard InChI is InChI=1S/C21H24N8/c1-27-9-7-15(8-10-27)29-13-14(11-24-29)17-12-23-20(22)19(25-17)21-26-16-5-3-4-6-18(16)28(21)2/h3-6,11-13,15H,7-10H2,1-2H3,(H2,22,23). The maximum atomic E-state index is 6.17. The number of hydrogen-bond donors (Lipinski definition) is 1. The van der Waals surface area contributed by atoms with Gasteiger partial charge in [0.05, 0.1) is 35.2 Å². The van der Waals surface area contributed by atoms with Crippen LogP contribution in [0, 0.1) is 0 Å². The van der Waals surface area contributed by atoms with Gasteiger partial charge in [0.1, 0.15) is 5.69 Å². The minimum absolute atomic E-state index is 0.370. The Kier molecular flexibility index (Phi) is 4.28. The molecule has 3 aromatic heterocycles. The van der Waals surface area contributed by atoms with E-state index in [2.05, 4.69) is 32.9 Å². The molecule has 0 amide bonds. The molecule has 0 aliphatic carbocycles. The molecule has 1 aromatic carbocycles. The van der Waals surface area contributed by atoms with Crippen molar-refractivity contribution in [3.8, 4) is 22.8 Å². The van der Waals surface area contributed by atoms with Gasteiger partial charge in [0.2, 0.25) is 0 Å². The first-order valence-corrected chi connectivity index (χ1v) is 9.87. The normalized spacial score (nSPS) is 15.9. The predicted molar refractivity (Wildman–Crippen MR) is 113 cm³/mol. The first kappa shape index (κ1) is 17.8. The Morgan fingerprint density at radius 2 is 1.83 bits per heavy atom. The van der Waals surface area contributed by atoms with E-state index in [9.17, 15) is 0 Å². The van der Waals surface area contributed by atoms with Gasteiger partial charge in [-0.3, -0.25) is 4.68 Å². The SMILES string of the molecule is CN1CCC(n2cc(-c3cnc(N)c(-c4nc5ccccc5n4C)n3)cn2)CC1. The topological polar surface area (TPSA) is 90.7 Å². The zero-order valence-corrected chi connectivity index (χ0v) is 16.7. The highest BCUT2D eigenvalue weighted by atomic mass is 15.3. The minimum atomic E-state index is 0.370. The zero-order valence-electron chi connectivity index (χ0n) is 16.7. The molecule has 0 spiro atoms. The number of aryl methyl sites for hydroxylation is 1. The van der Waals surface area contributed by atoms with E-state index >= 15 is 0 Å². The van der Waals surface area contributed by atoms with Gasteiger partial charge in [0, 0.05) is 18.8 Å². The van der Waals surface area contributed by atoms with Crippen LogP contribution in [-0.4, -0.2) is 54.3 Å². The number of fused-ring (bicyclic) bond motifs is 1. The van der Waals surface area contributed by atoms with Crippen molar-refractivity contribution in [3.63, 3.8) is 0 Å². The Hall–Kier alpha value is -3.26. The lowest BCUT2D eigenvalue weighted by atomic mass is 10.1. The second-order valence-electron chi connectivity index (χ2n) is 7.72. The van der Waals surface area contributed by atoms with Crippen LogP contribution in [0.1, 0.15) is 18.9 Å². The van der Waals surface area contributed by atoms with Crippen molar-refractivity contribution in [1.82, 2.24) is 34.2 Å². The van der Waals surface area contributed by atoms with E-state index in [-0.39, 0.29) is 0 Å². The van der Waals surface area contributed by atoms with Crippen LogP contribution in [0.3, 0.4) is 0 Å². The van der Waals surface area contributed by atoms with Gasteiger partial charge in [-0.1, -0.05) is 12.1 Å². The van der Waals surface area contributed by atoms with E-state index in [0.29, 0.717) is 23.4 Å². The number of imidazole rings is 1. The van der Waals surface area contributed by atoms with Crippen molar-refractivity contribution in [2.45, 2.75) is 18.9 Å². The molecule has 5 rings (SSSR count). The highest BCUT2D eigenvalue weighted by Crippen LogP contribution is 2.29. The van der Waals surface area contributed by atoms with Crippen molar-refractivity contribution in [1.29, 1.82) is 0 Å². The smallest absolute Gasteiger partial charge is 0.163 e. The summed E-state index contributed by atoms with van der Waals surface area (Å²) in [6, 6.07) is 8.42. The predicted octanol–water partition coefficient (Wildman–Crippen LogP) is 2.74. The Morgan fingerprint density at radius 3 is 2.62 bits per heavy atom. The molecule has 1 saturated heterocycles. The van der Waals surface area contributed by atoms with Gasteiger partial charge in [-0.05, 0) is 45.1 Å². The summed E-state index contributed by atoms with van der Waals surface area (Å²) in [5.41, 5.74) is 10.4. The van der Waals surface area contributed by atoms with Gasteiger partial charge < -0.3 is 15.2 Å². The third-order valence-electron chi connectivity index (χ3n) is 5.76. The average Bonchev–Trinajstić information content (AvgIpc) is 3.35. The van der Waals surface area contributed by atoms with Gasteiger partial charge in [-0.25, -0.2) is 15.0 Å². The average molecular weight is 388 g/mol. The molecule has 4 aromatic rings. The molecule has 148 valence electrons. The van der Waals surface area contributed by atoms with Crippen LogP contribution in [-0.2, 0) is 7.05 Å². The molecule has 0 atom stereocenters. The summed E-state index contributed by atoms with van der Waals surface area (Å²) in [4.78, 5) is 16.3. The molecule has 1 fully saturated rings. The molecule has 8 heteroatoms. The second-order valence-corrected chi connectivity index (χ2v) is 7.72. The molecule has 8 nitrogen and oxygen atoms in total. The minimum Gasteiger partial charge on any atom is -0.382 e. The van der Waals surface area contributed by atoms with Crippen molar-refractivity contribution in [2.24, 2.45) is 7.05 Å². The number of anilines is 1. The maximum absolute atomic E-state index is 6.17. The maximum Gasteiger partial charge on any atom is 0.163 e. The van der Waals surface area contributed by atoms with Crippen LogP contribution in [0.5, 0.6) is 0 Å². The van der Waals surface area contributed by atoms with Crippen molar-refractivity contribution in [2.75, 3.05) is 25.9 Å². The molecule has 2 N–H and O–H groups in total. The van der Waals surface area contributed by atoms with E-state index in [1.807, 2.05) is 42.1 Å². The van der Waals surface area contributed by atoms with Crippen molar-refractivity contribution < 1.29 is 0 Å². The summed E-state index contributed by atoms with van der Waals surface area (Å²) in [5.74, 6) is 1.08. The van der Waals surface area contributed by atoms with E-state index in [4.69, 9.17) is 15.7 Å². The number of benzene rings is 1. The third-order valence-corrected chi connectivity index (χ3v) is 5.76. The van der Waals surface area contributed by atoms with Crippen LogP contribution >= 0.6 is 0 Å². The Labute approximate surface area is 169 Å². The number of nitrogen functional groups attached to an aromatic ring is 1. The summed E-state index contributed by atoms with van der Waals surface area (Å²) in [7, 11) is 4.13. The third kappa shape index (κ3) is 3.15. The lowest BCUT2D eigenvalue weighted by Gasteiger charge is -2.28. The first-order valence-electron chi connectivity index (χ1n) is 9.87. The quantitative estimate of drug-likeness (QED) is 0.580. The van der Waals surface area contributed by atoms with E-state index in [0.717, 1.165) is 48.2 Å². The van der Waals surface area contributed by atoms with Crippen molar-refractivity contribution in [3.05, 3.63) is 42.9 Å². The van der Waals surface area contributed by atoms with Crippen LogP contribution in [0.2, 0.25) is 0 Å². The molecule has 29 heavy (non-hydrogen) atoms.